The largest absolute Gasteiger partial charge is 0.296 e. The van der Waals surface area contributed by atoms with Crippen molar-refractivity contribution in [2.24, 2.45) is 0 Å². The molecule has 0 spiro atoms. The van der Waals surface area contributed by atoms with Crippen molar-refractivity contribution in [2.45, 2.75) is 6.92 Å². The maximum Gasteiger partial charge on any atom is 0.277 e. The van der Waals surface area contributed by atoms with E-state index in [1.807, 2.05) is 22.1 Å². The third kappa shape index (κ3) is 1.83. The van der Waals surface area contributed by atoms with Gasteiger partial charge >= 0.3 is 0 Å². The zero-order chi connectivity index (χ0) is 11.8. The van der Waals surface area contributed by atoms with Gasteiger partial charge in [0.15, 0.2) is 10.1 Å². The van der Waals surface area contributed by atoms with E-state index in [-0.39, 0.29) is 5.91 Å². The molecule has 0 bridgehead atoms. The molecule has 0 aliphatic heterocycles. The van der Waals surface area contributed by atoms with Crippen LogP contribution in [0.1, 0.15) is 16.2 Å². The van der Waals surface area contributed by atoms with E-state index in [1.165, 1.54) is 22.7 Å². The molecule has 3 heterocycles. The lowest BCUT2D eigenvalue weighted by atomic mass is 10.4. The molecule has 3 aromatic heterocycles. The maximum atomic E-state index is 11.9. The molecule has 0 saturated carbocycles. The van der Waals surface area contributed by atoms with Gasteiger partial charge in [0.25, 0.3) is 5.91 Å². The zero-order valence-electron chi connectivity index (χ0n) is 8.88. The van der Waals surface area contributed by atoms with Crippen LogP contribution in [0, 0.1) is 6.92 Å². The van der Waals surface area contributed by atoms with Crippen molar-refractivity contribution in [1.29, 1.82) is 0 Å². The lowest BCUT2D eigenvalue weighted by molar-refractivity contribution is 0.102. The van der Waals surface area contributed by atoms with Crippen LogP contribution in [0.2, 0.25) is 0 Å². The molecular weight excluding hydrogens is 256 g/mol. The summed E-state index contributed by atoms with van der Waals surface area (Å²) in [6.07, 6.45) is 3.39. The Morgan fingerprint density at radius 1 is 1.47 bits per heavy atom. The number of aromatic nitrogens is 3. The number of nitrogens with zero attached hydrogens (tertiary/aromatic N) is 3. The Morgan fingerprint density at radius 3 is 3.06 bits per heavy atom. The second-order valence-corrected chi connectivity index (χ2v) is 5.18. The number of fused-ring (bicyclic) bond motifs is 1. The molecule has 0 saturated heterocycles. The van der Waals surface area contributed by atoms with E-state index in [1.54, 1.807) is 12.4 Å². The average molecular weight is 264 g/mol. The van der Waals surface area contributed by atoms with Gasteiger partial charge in [0, 0.05) is 28.8 Å². The van der Waals surface area contributed by atoms with Crippen molar-refractivity contribution >= 4 is 38.7 Å². The van der Waals surface area contributed by atoms with Gasteiger partial charge in [0.1, 0.15) is 5.69 Å². The first kappa shape index (κ1) is 10.4. The maximum absolute atomic E-state index is 11.9. The molecule has 0 atom stereocenters. The summed E-state index contributed by atoms with van der Waals surface area (Å²) in [7, 11) is 0. The normalized spacial score (nSPS) is 10.9. The van der Waals surface area contributed by atoms with Crippen molar-refractivity contribution in [2.75, 3.05) is 5.32 Å². The second kappa shape index (κ2) is 3.94. The standard InChI is InChI=1S/C10H8N4OS2/c1-6-5-17-10-12-7(4-14(6)10)8(15)13-9-11-2-3-16-9/h2-5H,1H3,(H,11,13,15). The summed E-state index contributed by atoms with van der Waals surface area (Å²) in [6, 6.07) is 0. The predicted octanol–water partition coefficient (Wildman–Crippen LogP) is 2.41. The Bertz CT molecular complexity index is 668. The predicted molar refractivity (Wildman–Crippen MR) is 67.9 cm³/mol. The molecule has 0 aliphatic rings. The molecule has 86 valence electrons. The Kier molecular flexibility index (Phi) is 2.41. The third-order valence-electron chi connectivity index (χ3n) is 2.27. The van der Waals surface area contributed by atoms with E-state index >= 15 is 0 Å². The number of thiazole rings is 2. The fourth-order valence-electron chi connectivity index (χ4n) is 1.45. The van der Waals surface area contributed by atoms with Crippen LogP contribution in [-0.4, -0.2) is 20.3 Å². The zero-order valence-corrected chi connectivity index (χ0v) is 10.5. The summed E-state index contributed by atoms with van der Waals surface area (Å²) in [4.78, 5) is 21.0. The summed E-state index contributed by atoms with van der Waals surface area (Å²) < 4.78 is 1.90. The molecule has 5 nitrogen and oxygen atoms in total. The lowest BCUT2D eigenvalue weighted by Crippen LogP contribution is -2.11. The minimum Gasteiger partial charge on any atom is -0.296 e. The number of hydrogen-bond donors (Lipinski definition) is 1. The van der Waals surface area contributed by atoms with E-state index in [9.17, 15) is 4.79 Å². The monoisotopic (exact) mass is 264 g/mol. The first-order valence-corrected chi connectivity index (χ1v) is 6.64. The molecular formula is C10H8N4OS2. The minimum absolute atomic E-state index is 0.227. The molecule has 1 amide bonds. The molecule has 17 heavy (non-hydrogen) atoms. The van der Waals surface area contributed by atoms with Crippen molar-refractivity contribution in [1.82, 2.24) is 14.4 Å². The summed E-state index contributed by atoms with van der Waals surface area (Å²) in [6.45, 7) is 1.98. The van der Waals surface area contributed by atoms with E-state index in [2.05, 4.69) is 15.3 Å². The molecule has 0 aliphatic carbocycles. The molecule has 1 N–H and O–H groups in total. The smallest absolute Gasteiger partial charge is 0.277 e. The van der Waals surface area contributed by atoms with E-state index in [0.717, 1.165) is 10.7 Å². The van der Waals surface area contributed by atoms with Crippen LogP contribution >= 0.6 is 22.7 Å². The average Bonchev–Trinajstić information content (AvgIpc) is 2.97. The number of carbonyl (C=O) groups excluding carboxylic acids is 1. The number of imidazole rings is 1. The number of carbonyl (C=O) groups is 1. The molecule has 0 unspecified atom stereocenters. The van der Waals surface area contributed by atoms with Gasteiger partial charge in [-0.15, -0.1) is 22.7 Å². The summed E-state index contributed by atoms with van der Waals surface area (Å²) in [5.74, 6) is -0.227. The third-order valence-corrected chi connectivity index (χ3v) is 3.92. The van der Waals surface area contributed by atoms with E-state index in [0.29, 0.717) is 10.8 Å². The van der Waals surface area contributed by atoms with Crippen LogP contribution in [0.25, 0.3) is 4.96 Å². The minimum atomic E-state index is -0.227. The van der Waals surface area contributed by atoms with Crippen LogP contribution in [0.4, 0.5) is 5.13 Å². The fourth-order valence-corrected chi connectivity index (χ4v) is 2.82. The molecule has 7 heteroatoms. The van der Waals surface area contributed by atoms with Crippen molar-refractivity contribution in [3.05, 3.63) is 34.5 Å². The summed E-state index contributed by atoms with van der Waals surface area (Å²) >= 11 is 2.90. The number of hydrogen-bond acceptors (Lipinski definition) is 5. The van der Waals surface area contributed by atoms with Crippen LogP contribution < -0.4 is 5.32 Å². The van der Waals surface area contributed by atoms with Gasteiger partial charge in [0.05, 0.1) is 0 Å². The molecule has 3 aromatic rings. The Hall–Kier alpha value is -1.73. The van der Waals surface area contributed by atoms with Crippen LogP contribution in [0.3, 0.4) is 0 Å². The molecule has 0 radical (unpaired) electrons. The number of anilines is 1. The fraction of sp³-hybridized carbons (Fsp3) is 0.100. The van der Waals surface area contributed by atoms with Crippen LogP contribution in [0.15, 0.2) is 23.2 Å². The SMILES string of the molecule is Cc1csc2nc(C(=O)Nc3nccs3)cn12. The van der Waals surface area contributed by atoms with Gasteiger partial charge in [-0.05, 0) is 6.92 Å². The lowest BCUT2D eigenvalue weighted by Gasteiger charge is -1.96. The topological polar surface area (TPSA) is 59.3 Å². The Morgan fingerprint density at radius 2 is 2.35 bits per heavy atom. The highest BCUT2D eigenvalue weighted by Crippen LogP contribution is 2.17. The van der Waals surface area contributed by atoms with Gasteiger partial charge in [-0.25, -0.2) is 9.97 Å². The van der Waals surface area contributed by atoms with Gasteiger partial charge in [0.2, 0.25) is 0 Å². The number of nitrogens with one attached hydrogen (secondary N) is 1. The number of rotatable bonds is 2. The molecule has 3 rings (SSSR count). The van der Waals surface area contributed by atoms with Crippen LogP contribution in [-0.2, 0) is 0 Å². The number of amides is 1. The van der Waals surface area contributed by atoms with Crippen molar-refractivity contribution in [3.8, 4) is 0 Å². The first-order valence-electron chi connectivity index (χ1n) is 4.88. The highest BCUT2D eigenvalue weighted by Gasteiger charge is 2.13. The van der Waals surface area contributed by atoms with Gasteiger partial charge in [-0.2, -0.15) is 0 Å². The van der Waals surface area contributed by atoms with Gasteiger partial charge < -0.3 is 0 Å². The van der Waals surface area contributed by atoms with Gasteiger partial charge in [-0.1, -0.05) is 0 Å². The summed E-state index contributed by atoms with van der Waals surface area (Å²) in [5, 5.41) is 7.11. The van der Waals surface area contributed by atoms with E-state index in [4.69, 9.17) is 0 Å². The Labute approximate surface area is 105 Å². The summed E-state index contributed by atoms with van der Waals surface area (Å²) in [5.41, 5.74) is 1.49. The highest BCUT2D eigenvalue weighted by atomic mass is 32.1. The molecule has 0 aromatic carbocycles. The number of aryl methyl sites for hydroxylation is 1. The van der Waals surface area contributed by atoms with Crippen molar-refractivity contribution in [3.63, 3.8) is 0 Å². The highest BCUT2D eigenvalue weighted by molar-refractivity contribution is 7.15. The van der Waals surface area contributed by atoms with Crippen molar-refractivity contribution < 1.29 is 4.79 Å². The Balaban J connectivity index is 1.90. The first-order chi connectivity index (χ1) is 8.24. The second-order valence-electron chi connectivity index (χ2n) is 3.45. The quantitative estimate of drug-likeness (QED) is 0.773. The van der Waals surface area contributed by atoms with Crippen LogP contribution in [0.5, 0.6) is 0 Å². The van der Waals surface area contributed by atoms with Gasteiger partial charge in [-0.3, -0.25) is 14.5 Å². The molecule has 0 fully saturated rings. The van der Waals surface area contributed by atoms with E-state index < -0.39 is 0 Å².